The number of amides is 4. The Labute approximate surface area is 108 Å². The van der Waals surface area contributed by atoms with Crippen LogP contribution < -0.4 is 16.8 Å². The van der Waals surface area contributed by atoms with Crippen LogP contribution >= 0.6 is 0 Å². The van der Waals surface area contributed by atoms with Crippen LogP contribution in [-0.2, 0) is 14.4 Å². The third-order valence-corrected chi connectivity index (χ3v) is 2.01. The van der Waals surface area contributed by atoms with Gasteiger partial charge in [-0.3, -0.25) is 9.59 Å². The predicted molar refractivity (Wildman–Crippen MR) is 61.6 cm³/mol. The quantitative estimate of drug-likeness (QED) is 0.327. The van der Waals surface area contributed by atoms with Crippen molar-refractivity contribution in [3.8, 4) is 0 Å². The molecule has 19 heavy (non-hydrogen) atoms. The Morgan fingerprint density at radius 2 is 1.58 bits per heavy atom. The molecule has 0 spiro atoms. The molecule has 0 heterocycles. The minimum Gasteiger partial charge on any atom is -0.480 e. The number of hydrogen-bond donors (Lipinski definition) is 5. The van der Waals surface area contributed by atoms with Crippen molar-refractivity contribution in [2.45, 2.75) is 19.1 Å². The number of carboxylic acids is 1. The fraction of sp³-hybridized carbons (Fsp3) is 0.556. The van der Waals surface area contributed by atoms with Crippen molar-refractivity contribution in [3.05, 3.63) is 0 Å². The highest BCUT2D eigenvalue weighted by atomic mass is 16.4. The average molecular weight is 276 g/mol. The molecule has 0 aromatic carbocycles. The van der Waals surface area contributed by atoms with Gasteiger partial charge in [0.05, 0.1) is 6.10 Å². The third-order valence-electron chi connectivity index (χ3n) is 2.01. The first-order valence-corrected chi connectivity index (χ1v) is 5.18. The molecule has 0 radical (unpaired) electrons. The summed E-state index contributed by atoms with van der Waals surface area (Å²) in [5, 5.41) is 19.9. The second-order valence-corrected chi connectivity index (χ2v) is 3.79. The van der Waals surface area contributed by atoms with Gasteiger partial charge in [0.2, 0.25) is 11.8 Å². The highest BCUT2D eigenvalue weighted by Gasteiger charge is 2.28. The minimum atomic E-state index is -1.59. The standard InChI is InChI=1S/C9H16N4O6/c1-4(14)7(8(17)18)12-9(19)13(2-5(10)15)3-6(11)16/h4,7,14H,2-3H2,1H3,(H2,10,15)(H2,11,16)(H,12,19)(H,17,18)/t4-,7+/m1/s1. The summed E-state index contributed by atoms with van der Waals surface area (Å²) in [4.78, 5) is 44.5. The fourth-order valence-corrected chi connectivity index (χ4v) is 1.19. The molecule has 4 amide bonds. The summed E-state index contributed by atoms with van der Waals surface area (Å²) in [5.41, 5.74) is 9.76. The molecule has 10 heteroatoms. The van der Waals surface area contributed by atoms with Gasteiger partial charge in [-0.2, -0.15) is 0 Å². The van der Waals surface area contributed by atoms with Crippen LogP contribution in [0.2, 0.25) is 0 Å². The molecule has 0 saturated heterocycles. The molecule has 7 N–H and O–H groups in total. The topological polar surface area (TPSA) is 176 Å². The van der Waals surface area contributed by atoms with Crippen LogP contribution in [0, 0.1) is 0 Å². The zero-order valence-electron chi connectivity index (χ0n) is 10.2. The molecule has 0 rings (SSSR count). The zero-order chi connectivity index (χ0) is 15.2. The number of urea groups is 1. The summed E-state index contributed by atoms with van der Waals surface area (Å²) >= 11 is 0. The van der Waals surface area contributed by atoms with Gasteiger partial charge in [-0.05, 0) is 6.92 Å². The van der Waals surface area contributed by atoms with Crippen molar-refractivity contribution in [1.29, 1.82) is 0 Å². The molecule has 0 aliphatic rings. The van der Waals surface area contributed by atoms with Crippen molar-refractivity contribution in [3.63, 3.8) is 0 Å². The Morgan fingerprint density at radius 3 is 1.84 bits per heavy atom. The Kier molecular flexibility index (Phi) is 6.27. The largest absolute Gasteiger partial charge is 0.480 e. The van der Waals surface area contributed by atoms with Gasteiger partial charge in [-0.25, -0.2) is 9.59 Å². The van der Waals surface area contributed by atoms with E-state index in [1.807, 2.05) is 5.32 Å². The Bertz CT molecular complexity index is 367. The summed E-state index contributed by atoms with van der Waals surface area (Å²) in [7, 11) is 0. The van der Waals surface area contributed by atoms with E-state index >= 15 is 0 Å². The molecule has 108 valence electrons. The van der Waals surface area contributed by atoms with E-state index < -0.39 is 49.1 Å². The third kappa shape index (κ3) is 6.21. The first-order chi connectivity index (χ1) is 8.65. The number of nitrogens with one attached hydrogen (secondary N) is 1. The number of aliphatic carboxylic acids is 1. The number of aliphatic hydroxyl groups is 1. The van der Waals surface area contributed by atoms with Crippen LogP contribution in [0.5, 0.6) is 0 Å². The zero-order valence-corrected chi connectivity index (χ0v) is 10.2. The van der Waals surface area contributed by atoms with Gasteiger partial charge >= 0.3 is 12.0 Å². The van der Waals surface area contributed by atoms with E-state index in [0.717, 1.165) is 6.92 Å². The maximum Gasteiger partial charge on any atom is 0.328 e. The number of aliphatic hydroxyl groups excluding tert-OH is 1. The average Bonchev–Trinajstić information content (AvgIpc) is 2.22. The molecule has 0 fully saturated rings. The van der Waals surface area contributed by atoms with Crippen molar-refractivity contribution in [2.24, 2.45) is 11.5 Å². The van der Waals surface area contributed by atoms with Gasteiger partial charge in [-0.1, -0.05) is 0 Å². The van der Waals surface area contributed by atoms with Crippen LogP contribution in [0.15, 0.2) is 0 Å². The Hall–Kier alpha value is -2.36. The lowest BCUT2D eigenvalue weighted by molar-refractivity contribution is -0.141. The number of carbonyl (C=O) groups is 4. The Balaban J connectivity index is 4.83. The summed E-state index contributed by atoms with van der Waals surface area (Å²) in [6.45, 7) is -0.0621. The Morgan fingerprint density at radius 1 is 1.16 bits per heavy atom. The van der Waals surface area contributed by atoms with Gasteiger partial charge in [0, 0.05) is 0 Å². The first-order valence-electron chi connectivity index (χ1n) is 5.18. The van der Waals surface area contributed by atoms with Crippen LogP contribution in [0.4, 0.5) is 4.79 Å². The summed E-state index contributed by atoms with van der Waals surface area (Å²) in [5.74, 6) is -3.28. The van der Waals surface area contributed by atoms with Gasteiger partial charge in [0.25, 0.3) is 0 Å². The van der Waals surface area contributed by atoms with Crippen LogP contribution in [0.3, 0.4) is 0 Å². The second-order valence-electron chi connectivity index (χ2n) is 3.79. The van der Waals surface area contributed by atoms with E-state index in [1.165, 1.54) is 0 Å². The molecule has 10 nitrogen and oxygen atoms in total. The number of carbonyl (C=O) groups excluding carboxylic acids is 3. The number of nitrogens with two attached hydrogens (primary N) is 2. The van der Waals surface area contributed by atoms with E-state index in [4.69, 9.17) is 16.6 Å². The highest BCUT2D eigenvalue weighted by Crippen LogP contribution is 1.97. The monoisotopic (exact) mass is 276 g/mol. The van der Waals surface area contributed by atoms with Gasteiger partial charge in [0.15, 0.2) is 6.04 Å². The number of hydrogen-bond acceptors (Lipinski definition) is 5. The maximum atomic E-state index is 11.7. The van der Waals surface area contributed by atoms with Crippen LogP contribution in [0.1, 0.15) is 6.92 Å². The van der Waals surface area contributed by atoms with Crippen molar-refractivity contribution < 1.29 is 29.4 Å². The highest BCUT2D eigenvalue weighted by molar-refractivity contribution is 5.89. The lowest BCUT2D eigenvalue weighted by atomic mass is 10.2. The normalized spacial score (nSPS) is 13.2. The van der Waals surface area contributed by atoms with Gasteiger partial charge < -0.3 is 31.9 Å². The number of nitrogens with zero attached hydrogens (tertiary/aromatic N) is 1. The number of rotatable bonds is 7. The maximum absolute atomic E-state index is 11.7. The van der Waals surface area contributed by atoms with E-state index in [-0.39, 0.29) is 0 Å². The SMILES string of the molecule is C[C@@H](O)[C@H](NC(=O)N(CC(N)=O)CC(N)=O)C(=O)O. The summed E-state index contributed by atoms with van der Waals surface area (Å²) < 4.78 is 0. The number of carboxylic acid groups (broad SMARTS) is 1. The van der Waals surface area contributed by atoms with Crippen molar-refractivity contribution in [2.75, 3.05) is 13.1 Å². The summed E-state index contributed by atoms with van der Waals surface area (Å²) in [6, 6.07) is -2.64. The molecule has 0 aliphatic heterocycles. The van der Waals surface area contributed by atoms with Crippen LogP contribution in [-0.4, -0.2) is 64.2 Å². The lowest BCUT2D eigenvalue weighted by Gasteiger charge is -2.24. The molecule has 0 bridgehead atoms. The van der Waals surface area contributed by atoms with E-state index in [2.05, 4.69) is 0 Å². The number of primary amides is 2. The predicted octanol–water partition coefficient (Wildman–Crippen LogP) is -3.20. The molecule has 0 aromatic rings. The molecule has 2 atom stereocenters. The second kappa shape index (κ2) is 7.16. The van der Waals surface area contributed by atoms with E-state index in [0.29, 0.717) is 4.90 Å². The molecular weight excluding hydrogens is 260 g/mol. The molecule has 0 aliphatic carbocycles. The first kappa shape index (κ1) is 16.6. The molecule has 0 saturated carbocycles. The molecule has 0 unspecified atom stereocenters. The lowest BCUT2D eigenvalue weighted by Crippen LogP contribution is -2.55. The van der Waals surface area contributed by atoms with E-state index in [9.17, 15) is 24.3 Å². The van der Waals surface area contributed by atoms with Gasteiger partial charge in [-0.15, -0.1) is 0 Å². The minimum absolute atomic E-state index is 0.610. The molecular formula is C9H16N4O6. The van der Waals surface area contributed by atoms with Gasteiger partial charge in [0.1, 0.15) is 13.1 Å². The van der Waals surface area contributed by atoms with E-state index in [1.54, 1.807) is 0 Å². The van der Waals surface area contributed by atoms with Crippen molar-refractivity contribution in [1.82, 2.24) is 10.2 Å². The molecule has 0 aromatic heterocycles. The summed E-state index contributed by atoms with van der Waals surface area (Å²) in [6.07, 6.45) is -1.37. The van der Waals surface area contributed by atoms with Crippen LogP contribution in [0.25, 0.3) is 0 Å². The smallest absolute Gasteiger partial charge is 0.328 e. The van der Waals surface area contributed by atoms with Crippen molar-refractivity contribution >= 4 is 23.8 Å². The fourth-order valence-electron chi connectivity index (χ4n) is 1.19.